The first-order valence-corrected chi connectivity index (χ1v) is 8.80. The zero-order chi connectivity index (χ0) is 21.9. The van der Waals surface area contributed by atoms with E-state index in [1.54, 1.807) is 0 Å². The van der Waals surface area contributed by atoms with E-state index >= 15 is 0 Å². The van der Waals surface area contributed by atoms with Gasteiger partial charge in [-0.05, 0) is 39.7 Å². The minimum atomic E-state index is -1.44. The molecule has 0 bridgehead atoms. The van der Waals surface area contributed by atoms with E-state index in [0.717, 1.165) is 0 Å². The van der Waals surface area contributed by atoms with Gasteiger partial charge in [0.1, 0.15) is 18.1 Å². The lowest BCUT2D eigenvalue weighted by molar-refractivity contribution is -0.143. The molecule has 12 nitrogen and oxygen atoms in total. The number of hydrogen-bond donors (Lipinski definition) is 7. The molecular weight excluding hydrogens is 374 g/mol. The molecule has 0 saturated heterocycles. The lowest BCUT2D eigenvalue weighted by atomic mass is 10.1. The van der Waals surface area contributed by atoms with Gasteiger partial charge in [-0.25, -0.2) is 4.79 Å². The zero-order valence-corrected chi connectivity index (χ0v) is 15.9. The van der Waals surface area contributed by atoms with E-state index in [1.165, 1.54) is 13.8 Å². The summed E-state index contributed by atoms with van der Waals surface area (Å²) < 4.78 is 0. The van der Waals surface area contributed by atoms with Crippen molar-refractivity contribution in [2.45, 2.75) is 63.7 Å². The number of unbranched alkanes of at least 4 members (excludes halogenated alkanes) is 1. The summed E-state index contributed by atoms with van der Waals surface area (Å²) in [5, 5.41) is 24.8. The highest BCUT2D eigenvalue weighted by Crippen LogP contribution is 2.02. The van der Waals surface area contributed by atoms with Crippen molar-refractivity contribution >= 4 is 29.7 Å². The molecule has 4 atom stereocenters. The van der Waals surface area contributed by atoms with Crippen molar-refractivity contribution in [1.82, 2.24) is 16.0 Å². The van der Waals surface area contributed by atoms with Crippen molar-refractivity contribution in [3.63, 3.8) is 0 Å². The van der Waals surface area contributed by atoms with Crippen LogP contribution in [0.3, 0.4) is 0 Å². The molecular formula is C16H29N5O7. The lowest BCUT2D eigenvalue weighted by Crippen LogP contribution is -2.56. The summed E-state index contributed by atoms with van der Waals surface area (Å²) >= 11 is 0. The molecule has 0 aliphatic heterocycles. The molecule has 0 spiro atoms. The fraction of sp³-hybridized carbons (Fsp3) is 0.688. The van der Waals surface area contributed by atoms with Crippen molar-refractivity contribution in [2.75, 3.05) is 6.54 Å². The Morgan fingerprint density at radius 3 is 1.89 bits per heavy atom. The van der Waals surface area contributed by atoms with E-state index in [0.29, 0.717) is 19.4 Å². The molecule has 0 aliphatic carbocycles. The van der Waals surface area contributed by atoms with Crippen LogP contribution in [0.5, 0.6) is 0 Å². The third-order valence-corrected chi connectivity index (χ3v) is 3.74. The normalized spacial score (nSPS) is 14.9. The second kappa shape index (κ2) is 12.6. The smallest absolute Gasteiger partial charge is 0.326 e. The summed E-state index contributed by atoms with van der Waals surface area (Å²) in [7, 11) is 0. The number of hydrogen-bond acceptors (Lipinski definition) is 7. The molecule has 0 aromatic heterocycles. The van der Waals surface area contributed by atoms with Gasteiger partial charge in [-0.2, -0.15) is 0 Å². The standard InChI is InChI=1S/C16H29N5O7/c1-8(18)13(24)21-11(7-12(22)23)15(26)19-9(2)14(25)20-10(16(27)28)5-3-4-6-17/h8-11H,3-7,17-18H2,1-2H3,(H,19,26)(H,20,25)(H,21,24)(H,22,23)(H,27,28). The SMILES string of the molecule is CC(N)C(=O)NC(CC(=O)O)C(=O)NC(C)C(=O)NC(CCCCN)C(=O)O. The van der Waals surface area contributed by atoms with Gasteiger partial charge in [0, 0.05) is 0 Å². The zero-order valence-electron chi connectivity index (χ0n) is 15.9. The number of rotatable bonds is 13. The summed E-state index contributed by atoms with van der Waals surface area (Å²) in [4.78, 5) is 58.2. The molecule has 0 saturated carbocycles. The van der Waals surface area contributed by atoms with Crippen molar-refractivity contribution in [2.24, 2.45) is 11.5 Å². The molecule has 4 unspecified atom stereocenters. The van der Waals surface area contributed by atoms with E-state index < -0.39 is 60.2 Å². The van der Waals surface area contributed by atoms with Crippen LogP contribution in [-0.4, -0.2) is 70.6 Å². The van der Waals surface area contributed by atoms with Crippen LogP contribution in [0.15, 0.2) is 0 Å². The molecule has 0 aliphatic rings. The van der Waals surface area contributed by atoms with Gasteiger partial charge < -0.3 is 37.6 Å². The van der Waals surface area contributed by atoms with Crippen LogP contribution in [0.4, 0.5) is 0 Å². The highest BCUT2D eigenvalue weighted by atomic mass is 16.4. The fourth-order valence-corrected chi connectivity index (χ4v) is 2.11. The van der Waals surface area contributed by atoms with Gasteiger partial charge in [0.2, 0.25) is 17.7 Å². The van der Waals surface area contributed by atoms with Gasteiger partial charge in [0.05, 0.1) is 12.5 Å². The third kappa shape index (κ3) is 9.83. The quantitative estimate of drug-likeness (QED) is 0.161. The maximum Gasteiger partial charge on any atom is 0.326 e. The van der Waals surface area contributed by atoms with Crippen LogP contribution >= 0.6 is 0 Å². The molecule has 9 N–H and O–H groups in total. The molecule has 0 aromatic rings. The van der Waals surface area contributed by atoms with Crippen LogP contribution in [0.25, 0.3) is 0 Å². The molecule has 0 radical (unpaired) electrons. The minimum absolute atomic E-state index is 0.172. The third-order valence-electron chi connectivity index (χ3n) is 3.74. The van der Waals surface area contributed by atoms with Crippen molar-refractivity contribution in [3.05, 3.63) is 0 Å². The fourth-order valence-electron chi connectivity index (χ4n) is 2.11. The summed E-state index contributed by atoms with van der Waals surface area (Å²) in [6, 6.07) is -4.71. The summed E-state index contributed by atoms with van der Waals surface area (Å²) in [6.45, 7) is 3.06. The average Bonchev–Trinajstić information content (AvgIpc) is 2.59. The summed E-state index contributed by atoms with van der Waals surface area (Å²) in [6.07, 6.45) is 0.557. The first-order chi connectivity index (χ1) is 13.0. The first-order valence-electron chi connectivity index (χ1n) is 8.80. The lowest BCUT2D eigenvalue weighted by Gasteiger charge is -2.22. The Kier molecular flexibility index (Phi) is 11.4. The van der Waals surface area contributed by atoms with E-state index in [-0.39, 0.29) is 6.42 Å². The summed E-state index contributed by atoms with van der Waals surface area (Å²) in [5.41, 5.74) is 10.7. The molecule has 0 aromatic carbocycles. The van der Waals surface area contributed by atoms with E-state index in [9.17, 15) is 24.0 Å². The summed E-state index contributed by atoms with van der Waals surface area (Å²) in [5.74, 6) is -4.97. The molecule has 0 rings (SSSR count). The van der Waals surface area contributed by atoms with Gasteiger partial charge in [-0.1, -0.05) is 0 Å². The Bertz CT molecular complexity index is 582. The Hall–Kier alpha value is -2.73. The van der Waals surface area contributed by atoms with Crippen LogP contribution in [0.2, 0.25) is 0 Å². The van der Waals surface area contributed by atoms with Crippen LogP contribution in [0.1, 0.15) is 39.5 Å². The van der Waals surface area contributed by atoms with Crippen LogP contribution in [-0.2, 0) is 24.0 Å². The maximum atomic E-state index is 12.2. The van der Waals surface area contributed by atoms with E-state index in [4.69, 9.17) is 21.7 Å². The number of aliphatic carboxylic acids is 2. The number of carboxylic acid groups (broad SMARTS) is 2. The van der Waals surface area contributed by atoms with E-state index in [1.807, 2.05) is 0 Å². The topological polar surface area (TPSA) is 214 Å². The van der Waals surface area contributed by atoms with Crippen molar-refractivity contribution in [1.29, 1.82) is 0 Å². The molecule has 0 heterocycles. The van der Waals surface area contributed by atoms with Gasteiger partial charge in [-0.15, -0.1) is 0 Å². The van der Waals surface area contributed by atoms with Gasteiger partial charge in [0.15, 0.2) is 0 Å². The van der Waals surface area contributed by atoms with Crippen LogP contribution in [0, 0.1) is 0 Å². The Balaban J connectivity index is 4.91. The Morgan fingerprint density at radius 2 is 1.43 bits per heavy atom. The molecule has 0 fully saturated rings. The molecule has 160 valence electrons. The Labute approximate surface area is 162 Å². The van der Waals surface area contributed by atoms with E-state index in [2.05, 4.69) is 16.0 Å². The minimum Gasteiger partial charge on any atom is -0.481 e. The second-order valence-corrected chi connectivity index (χ2v) is 6.36. The predicted octanol–water partition coefficient (Wildman–Crippen LogP) is -2.50. The number of carbonyl (C=O) groups is 5. The van der Waals surface area contributed by atoms with Gasteiger partial charge in [-0.3, -0.25) is 19.2 Å². The molecule has 3 amide bonds. The second-order valence-electron chi connectivity index (χ2n) is 6.36. The number of carboxylic acids is 2. The highest BCUT2D eigenvalue weighted by Gasteiger charge is 2.28. The number of nitrogens with two attached hydrogens (primary N) is 2. The number of amides is 3. The largest absolute Gasteiger partial charge is 0.481 e. The van der Waals surface area contributed by atoms with Gasteiger partial charge >= 0.3 is 11.9 Å². The average molecular weight is 403 g/mol. The van der Waals surface area contributed by atoms with Crippen LogP contribution < -0.4 is 27.4 Å². The highest BCUT2D eigenvalue weighted by molar-refractivity contribution is 5.95. The number of nitrogens with one attached hydrogen (secondary N) is 3. The monoisotopic (exact) mass is 403 g/mol. The first kappa shape index (κ1) is 25.3. The van der Waals surface area contributed by atoms with Gasteiger partial charge in [0.25, 0.3) is 0 Å². The maximum absolute atomic E-state index is 12.2. The Morgan fingerprint density at radius 1 is 0.857 bits per heavy atom. The molecule has 28 heavy (non-hydrogen) atoms. The molecule has 12 heteroatoms. The predicted molar refractivity (Wildman–Crippen MR) is 97.9 cm³/mol. The van der Waals surface area contributed by atoms with Crippen molar-refractivity contribution < 1.29 is 34.2 Å². The number of carbonyl (C=O) groups excluding carboxylic acids is 3. The van der Waals surface area contributed by atoms with Crippen molar-refractivity contribution in [3.8, 4) is 0 Å².